The molecule has 168 valence electrons. The van der Waals surface area contributed by atoms with Crippen LogP contribution in [0.1, 0.15) is 55.4 Å². The van der Waals surface area contributed by atoms with Gasteiger partial charge < -0.3 is 15.0 Å². The van der Waals surface area contributed by atoms with Gasteiger partial charge in [0.2, 0.25) is 11.8 Å². The fourth-order valence-corrected chi connectivity index (χ4v) is 3.54. The Bertz CT molecular complexity index is 861. The average molecular weight is 425 g/mol. The van der Waals surface area contributed by atoms with Gasteiger partial charge in [-0.1, -0.05) is 50.6 Å². The first-order valence-electron chi connectivity index (χ1n) is 11.2. The lowest BCUT2D eigenvalue weighted by Crippen LogP contribution is -2.49. The van der Waals surface area contributed by atoms with E-state index < -0.39 is 6.04 Å². The highest BCUT2D eigenvalue weighted by molar-refractivity contribution is 5.88. The number of hydrogen-bond donors (Lipinski definition) is 1. The first-order chi connectivity index (χ1) is 14.9. The Kier molecular flexibility index (Phi) is 9.57. The Balaban J connectivity index is 2.26. The number of hydrogen-bond acceptors (Lipinski definition) is 3. The van der Waals surface area contributed by atoms with Crippen LogP contribution >= 0.6 is 0 Å². The minimum atomic E-state index is -0.502. The van der Waals surface area contributed by atoms with Crippen LogP contribution in [0.15, 0.2) is 42.5 Å². The Labute approximate surface area is 186 Å². The summed E-state index contributed by atoms with van der Waals surface area (Å²) < 4.78 is 5.24. The number of benzene rings is 2. The first-order valence-corrected chi connectivity index (χ1v) is 11.2. The summed E-state index contributed by atoms with van der Waals surface area (Å²) in [6, 6.07) is 13.2. The van der Waals surface area contributed by atoms with Gasteiger partial charge in [0, 0.05) is 13.1 Å². The van der Waals surface area contributed by atoms with Crippen molar-refractivity contribution in [2.75, 3.05) is 13.7 Å². The van der Waals surface area contributed by atoms with Crippen LogP contribution in [-0.2, 0) is 22.6 Å². The van der Waals surface area contributed by atoms with Crippen molar-refractivity contribution in [3.63, 3.8) is 0 Å². The molecule has 5 heteroatoms. The number of ether oxygens (including phenoxy) is 1. The van der Waals surface area contributed by atoms with Gasteiger partial charge in [-0.25, -0.2) is 0 Å². The van der Waals surface area contributed by atoms with Crippen molar-refractivity contribution in [1.82, 2.24) is 10.2 Å². The number of carbonyl (C=O) groups is 2. The van der Waals surface area contributed by atoms with Crippen LogP contribution in [0.2, 0.25) is 0 Å². The van der Waals surface area contributed by atoms with Gasteiger partial charge in [0.05, 0.1) is 13.5 Å². The van der Waals surface area contributed by atoms with E-state index >= 15 is 0 Å². The monoisotopic (exact) mass is 424 g/mol. The molecule has 0 spiro atoms. The topological polar surface area (TPSA) is 58.6 Å². The second kappa shape index (κ2) is 12.1. The van der Waals surface area contributed by atoms with Crippen LogP contribution in [0, 0.1) is 13.8 Å². The Hall–Kier alpha value is -2.82. The first kappa shape index (κ1) is 24.4. The van der Waals surface area contributed by atoms with E-state index in [2.05, 4.69) is 32.2 Å². The average Bonchev–Trinajstić information content (AvgIpc) is 2.76. The van der Waals surface area contributed by atoms with E-state index in [4.69, 9.17) is 4.74 Å². The van der Waals surface area contributed by atoms with Crippen molar-refractivity contribution in [2.45, 2.75) is 66.0 Å². The summed E-state index contributed by atoms with van der Waals surface area (Å²) in [6.45, 7) is 9.17. The molecule has 31 heavy (non-hydrogen) atoms. The predicted molar refractivity (Wildman–Crippen MR) is 125 cm³/mol. The Morgan fingerprint density at radius 1 is 1.00 bits per heavy atom. The maximum Gasteiger partial charge on any atom is 0.242 e. The van der Waals surface area contributed by atoms with Crippen molar-refractivity contribution >= 4 is 11.8 Å². The molecule has 1 unspecified atom stereocenters. The van der Waals surface area contributed by atoms with E-state index in [0.29, 0.717) is 19.5 Å². The molecule has 0 saturated heterocycles. The quantitative estimate of drug-likeness (QED) is 0.537. The minimum Gasteiger partial charge on any atom is -0.497 e. The summed E-state index contributed by atoms with van der Waals surface area (Å²) in [6.07, 6.45) is 2.78. The van der Waals surface area contributed by atoms with Crippen LogP contribution in [0.25, 0.3) is 0 Å². The second-order valence-electron chi connectivity index (χ2n) is 8.03. The molecule has 2 rings (SSSR count). The molecule has 0 saturated carbocycles. The summed E-state index contributed by atoms with van der Waals surface area (Å²) in [5, 5.41) is 3.00. The molecule has 2 aromatic rings. The molecule has 1 atom stereocenters. The predicted octanol–water partition coefficient (Wildman–Crippen LogP) is 4.58. The number of methoxy groups -OCH3 is 1. The van der Waals surface area contributed by atoms with E-state index in [0.717, 1.165) is 35.3 Å². The lowest BCUT2D eigenvalue weighted by Gasteiger charge is -2.31. The van der Waals surface area contributed by atoms with E-state index in [9.17, 15) is 9.59 Å². The van der Waals surface area contributed by atoms with Gasteiger partial charge in [-0.15, -0.1) is 0 Å². The fraction of sp³-hybridized carbons (Fsp3) is 0.462. The number of unbranched alkanes of at least 4 members (excludes halogenated alkanes) is 1. The van der Waals surface area contributed by atoms with Crippen molar-refractivity contribution in [3.05, 3.63) is 64.7 Å². The smallest absolute Gasteiger partial charge is 0.242 e. The van der Waals surface area contributed by atoms with Gasteiger partial charge in [-0.05, 0) is 61.1 Å². The molecule has 2 amide bonds. The number of aryl methyl sites for hydroxylation is 2. The minimum absolute atomic E-state index is 0.0448. The summed E-state index contributed by atoms with van der Waals surface area (Å²) >= 11 is 0. The van der Waals surface area contributed by atoms with E-state index in [1.54, 1.807) is 12.0 Å². The second-order valence-corrected chi connectivity index (χ2v) is 8.03. The molecule has 0 radical (unpaired) electrons. The zero-order valence-corrected chi connectivity index (χ0v) is 19.5. The van der Waals surface area contributed by atoms with Gasteiger partial charge in [0.1, 0.15) is 11.8 Å². The van der Waals surface area contributed by atoms with E-state index in [1.165, 1.54) is 5.56 Å². The molecule has 0 aromatic heterocycles. The van der Waals surface area contributed by atoms with Crippen LogP contribution in [0.3, 0.4) is 0 Å². The van der Waals surface area contributed by atoms with Crippen molar-refractivity contribution in [2.24, 2.45) is 0 Å². The number of rotatable bonds is 11. The highest BCUT2D eigenvalue weighted by Gasteiger charge is 2.28. The van der Waals surface area contributed by atoms with Crippen LogP contribution in [-0.4, -0.2) is 36.4 Å². The largest absolute Gasteiger partial charge is 0.497 e. The van der Waals surface area contributed by atoms with Crippen molar-refractivity contribution in [1.29, 1.82) is 0 Å². The summed E-state index contributed by atoms with van der Waals surface area (Å²) in [5.41, 5.74) is 4.30. The molecule has 5 nitrogen and oxygen atoms in total. The lowest BCUT2D eigenvalue weighted by atomic mass is 10.0. The maximum atomic E-state index is 13.4. The van der Waals surface area contributed by atoms with Gasteiger partial charge >= 0.3 is 0 Å². The molecule has 0 aliphatic heterocycles. The highest BCUT2D eigenvalue weighted by Crippen LogP contribution is 2.18. The summed E-state index contributed by atoms with van der Waals surface area (Å²) in [5.74, 6) is 0.635. The molecular weight excluding hydrogens is 388 g/mol. The van der Waals surface area contributed by atoms with E-state index in [-0.39, 0.29) is 18.2 Å². The molecule has 0 bridgehead atoms. The Morgan fingerprint density at radius 2 is 1.68 bits per heavy atom. The molecule has 1 N–H and O–H groups in total. The lowest BCUT2D eigenvalue weighted by molar-refractivity contribution is -0.140. The summed E-state index contributed by atoms with van der Waals surface area (Å²) in [4.78, 5) is 28.0. The molecule has 0 aliphatic rings. The van der Waals surface area contributed by atoms with Gasteiger partial charge in [-0.2, -0.15) is 0 Å². The molecular formula is C26H36N2O3. The number of nitrogens with one attached hydrogen (secondary N) is 1. The Morgan fingerprint density at radius 3 is 2.26 bits per heavy atom. The summed E-state index contributed by atoms with van der Waals surface area (Å²) in [7, 11) is 1.63. The van der Waals surface area contributed by atoms with Crippen molar-refractivity contribution in [3.8, 4) is 5.75 Å². The molecule has 2 aromatic carbocycles. The SMILES string of the molecule is CCCCNC(=O)C(CC)N(Cc1ccc(OC)cc1)C(=O)Cc1ccc(C)c(C)c1. The van der Waals surface area contributed by atoms with Gasteiger partial charge in [0.25, 0.3) is 0 Å². The third kappa shape index (κ3) is 7.12. The van der Waals surface area contributed by atoms with Crippen LogP contribution in [0.5, 0.6) is 5.75 Å². The van der Waals surface area contributed by atoms with Gasteiger partial charge in [0.15, 0.2) is 0 Å². The zero-order chi connectivity index (χ0) is 22.8. The zero-order valence-electron chi connectivity index (χ0n) is 19.5. The third-order valence-corrected chi connectivity index (χ3v) is 5.65. The standard InChI is InChI=1S/C26H36N2O3/c1-6-8-15-27-26(30)24(7-2)28(18-21-11-13-23(31-5)14-12-21)25(29)17-22-10-9-19(3)20(4)16-22/h9-14,16,24H,6-8,15,17-18H2,1-5H3,(H,27,30). The van der Waals surface area contributed by atoms with Crippen LogP contribution < -0.4 is 10.1 Å². The molecule has 0 heterocycles. The molecule has 0 aliphatic carbocycles. The highest BCUT2D eigenvalue weighted by atomic mass is 16.5. The fourth-order valence-electron chi connectivity index (χ4n) is 3.54. The number of carbonyl (C=O) groups excluding carboxylic acids is 2. The van der Waals surface area contributed by atoms with Crippen molar-refractivity contribution < 1.29 is 14.3 Å². The van der Waals surface area contributed by atoms with E-state index in [1.807, 2.05) is 43.3 Å². The molecule has 0 fully saturated rings. The normalized spacial score (nSPS) is 11.6. The number of amides is 2. The number of nitrogens with zero attached hydrogens (tertiary/aromatic N) is 1. The maximum absolute atomic E-state index is 13.4. The van der Waals surface area contributed by atoms with Gasteiger partial charge in [-0.3, -0.25) is 9.59 Å². The van der Waals surface area contributed by atoms with Crippen LogP contribution in [0.4, 0.5) is 0 Å². The third-order valence-electron chi connectivity index (χ3n) is 5.65.